The lowest BCUT2D eigenvalue weighted by atomic mass is 10.0. The van der Waals surface area contributed by atoms with Gasteiger partial charge in [-0.1, -0.05) is 36.4 Å². The summed E-state index contributed by atoms with van der Waals surface area (Å²) in [4.78, 5) is 27.5. The third-order valence-electron chi connectivity index (χ3n) is 5.08. The Balaban J connectivity index is 1.85. The highest BCUT2D eigenvalue weighted by molar-refractivity contribution is 5.72. The number of methoxy groups -OCH3 is 1. The minimum absolute atomic E-state index is 0.0753. The SMILES string of the molecule is COC(=O)CC1CN(Cc2ccccc2)CCN1c1ccc(C)cc1[N+](=O)[O-]. The van der Waals surface area contributed by atoms with Gasteiger partial charge in [0.25, 0.3) is 5.69 Å². The molecule has 1 fully saturated rings. The molecule has 0 aromatic heterocycles. The van der Waals surface area contributed by atoms with E-state index in [1.165, 1.54) is 12.7 Å². The predicted molar refractivity (Wildman–Crippen MR) is 107 cm³/mol. The maximum absolute atomic E-state index is 12.0. The quantitative estimate of drug-likeness (QED) is 0.433. The van der Waals surface area contributed by atoms with E-state index in [0.717, 1.165) is 18.7 Å². The Bertz CT molecular complexity index is 841. The van der Waals surface area contributed by atoms with Gasteiger partial charge in [-0.3, -0.25) is 19.8 Å². The first-order valence-corrected chi connectivity index (χ1v) is 9.32. The Labute approximate surface area is 164 Å². The highest BCUT2D eigenvalue weighted by Crippen LogP contribution is 2.33. The van der Waals surface area contributed by atoms with Crippen LogP contribution in [0.4, 0.5) is 11.4 Å². The molecule has 0 bridgehead atoms. The van der Waals surface area contributed by atoms with Crippen LogP contribution >= 0.6 is 0 Å². The number of benzene rings is 2. The van der Waals surface area contributed by atoms with Crippen molar-refractivity contribution >= 4 is 17.3 Å². The van der Waals surface area contributed by atoms with Gasteiger partial charge in [-0.2, -0.15) is 0 Å². The van der Waals surface area contributed by atoms with Gasteiger partial charge in [-0.15, -0.1) is 0 Å². The van der Waals surface area contributed by atoms with Crippen molar-refractivity contribution in [1.29, 1.82) is 0 Å². The summed E-state index contributed by atoms with van der Waals surface area (Å²) in [5.74, 6) is -0.314. The molecule has 1 heterocycles. The second-order valence-electron chi connectivity index (χ2n) is 7.10. The molecule has 0 amide bonds. The number of nitro benzene ring substituents is 1. The van der Waals surface area contributed by atoms with Gasteiger partial charge in [0.05, 0.1) is 24.5 Å². The Hall–Kier alpha value is -2.93. The fourth-order valence-electron chi connectivity index (χ4n) is 3.70. The summed E-state index contributed by atoms with van der Waals surface area (Å²) in [6.07, 6.45) is 0.187. The summed E-state index contributed by atoms with van der Waals surface area (Å²) in [5.41, 5.74) is 2.67. The second kappa shape index (κ2) is 8.84. The average Bonchev–Trinajstić information content (AvgIpc) is 2.69. The van der Waals surface area contributed by atoms with E-state index in [-0.39, 0.29) is 29.0 Å². The number of piperazine rings is 1. The first-order valence-electron chi connectivity index (χ1n) is 9.32. The van der Waals surface area contributed by atoms with E-state index in [1.807, 2.05) is 36.1 Å². The molecule has 1 aliphatic heterocycles. The van der Waals surface area contributed by atoms with E-state index < -0.39 is 0 Å². The van der Waals surface area contributed by atoms with Crippen molar-refractivity contribution in [3.63, 3.8) is 0 Å². The first-order chi connectivity index (χ1) is 13.5. The van der Waals surface area contributed by atoms with Crippen molar-refractivity contribution in [2.75, 3.05) is 31.6 Å². The van der Waals surface area contributed by atoms with Gasteiger partial charge in [0.15, 0.2) is 0 Å². The number of rotatable bonds is 6. The number of nitrogens with zero attached hydrogens (tertiary/aromatic N) is 3. The lowest BCUT2D eigenvalue weighted by Gasteiger charge is -2.42. The highest BCUT2D eigenvalue weighted by Gasteiger charge is 2.32. The largest absolute Gasteiger partial charge is 0.469 e. The highest BCUT2D eigenvalue weighted by atomic mass is 16.6. The number of hydrogen-bond donors (Lipinski definition) is 0. The number of anilines is 1. The van der Waals surface area contributed by atoms with E-state index >= 15 is 0 Å². The standard InChI is InChI=1S/C21H25N3O4/c1-16-8-9-19(20(12-16)24(26)27)23-11-10-22(14-17-6-4-3-5-7-17)15-18(23)13-21(25)28-2/h3-9,12,18H,10-11,13-15H2,1-2H3. The maximum atomic E-state index is 12.0. The van der Waals surface area contributed by atoms with Crippen LogP contribution < -0.4 is 4.90 Å². The van der Waals surface area contributed by atoms with Gasteiger partial charge < -0.3 is 9.64 Å². The molecule has 1 aliphatic rings. The molecule has 2 aromatic rings. The topological polar surface area (TPSA) is 75.9 Å². The summed E-state index contributed by atoms with van der Waals surface area (Å²) >= 11 is 0. The second-order valence-corrected chi connectivity index (χ2v) is 7.10. The van der Waals surface area contributed by atoms with Crippen LogP contribution in [0.15, 0.2) is 48.5 Å². The van der Waals surface area contributed by atoms with Crippen molar-refractivity contribution < 1.29 is 14.5 Å². The molecule has 1 unspecified atom stereocenters. The Morgan fingerprint density at radius 3 is 2.64 bits per heavy atom. The van der Waals surface area contributed by atoms with Crippen LogP contribution in [0, 0.1) is 17.0 Å². The van der Waals surface area contributed by atoms with Gasteiger partial charge in [-0.05, 0) is 24.1 Å². The molecular weight excluding hydrogens is 358 g/mol. The van der Waals surface area contributed by atoms with Gasteiger partial charge in [0.2, 0.25) is 0 Å². The Morgan fingerprint density at radius 1 is 1.21 bits per heavy atom. The molecule has 0 saturated carbocycles. The number of ether oxygens (including phenoxy) is 1. The lowest BCUT2D eigenvalue weighted by molar-refractivity contribution is -0.384. The molecule has 0 N–H and O–H groups in total. The summed E-state index contributed by atoms with van der Waals surface area (Å²) in [6.45, 7) is 4.62. The molecular formula is C21H25N3O4. The van der Waals surface area contributed by atoms with Gasteiger partial charge in [0, 0.05) is 32.2 Å². The van der Waals surface area contributed by atoms with Crippen LogP contribution in [0.25, 0.3) is 0 Å². The Morgan fingerprint density at radius 2 is 1.96 bits per heavy atom. The van der Waals surface area contributed by atoms with Crippen molar-refractivity contribution in [2.45, 2.75) is 25.9 Å². The minimum atomic E-state index is -0.353. The number of hydrogen-bond acceptors (Lipinski definition) is 6. The molecule has 0 aliphatic carbocycles. The van der Waals surface area contributed by atoms with Crippen LogP contribution in [-0.4, -0.2) is 48.6 Å². The molecule has 28 heavy (non-hydrogen) atoms. The van der Waals surface area contributed by atoms with Crippen LogP contribution in [0.1, 0.15) is 17.5 Å². The smallest absolute Gasteiger partial charge is 0.307 e. The Kier molecular flexibility index (Phi) is 6.26. The van der Waals surface area contributed by atoms with Crippen LogP contribution in [0.2, 0.25) is 0 Å². The lowest BCUT2D eigenvalue weighted by Crippen LogP contribution is -2.53. The number of aryl methyl sites for hydroxylation is 1. The molecule has 1 saturated heterocycles. The molecule has 3 rings (SSSR count). The van der Waals surface area contributed by atoms with Crippen molar-refractivity contribution in [1.82, 2.24) is 4.90 Å². The van der Waals surface area contributed by atoms with Crippen molar-refractivity contribution in [3.8, 4) is 0 Å². The molecule has 2 aromatic carbocycles. The summed E-state index contributed by atoms with van der Waals surface area (Å²) < 4.78 is 4.87. The molecule has 0 radical (unpaired) electrons. The predicted octanol–water partition coefficient (Wildman–Crippen LogP) is 3.16. The van der Waals surface area contributed by atoms with E-state index in [9.17, 15) is 14.9 Å². The van der Waals surface area contributed by atoms with Crippen LogP contribution in [0.3, 0.4) is 0 Å². The third-order valence-corrected chi connectivity index (χ3v) is 5.08. The maximum Gasteiger partial charge on any atom is 0.307 e. The van der Waals surface area contributed by atoms with Crippen LogP contribution in [-0.2, 0) is 16.1 Å². The fourth-order valence-corrected chi connectivity index (χ4v) is 3.70. The third kappa shape index (κ3) is 4.67. The molecule has 148 valence electrons. The number of carbonyl (C=O) groups is 1. The van der Waals surface area contributed by atoms with E-state index in [1.54, 1.807) is 12.1 Å². The molecule has 0 spiro atoms. The van der Waals surface area contributed by atoms with Crippen molar-refractivity contribution in [2.24, 2.45) is 0 Å². The van der Waals surface area contributed by atoms with E-state index in [2.05, 4.69) is 17.0 Å². The van der Waals surface area contributed by atoms with Gasteiger partial charge in [-0.25, -0.2) is 0 Å². The van der Waals surface area contributed by atoms with Crippen molar-refractivity contribution in [3.05, 3.63) is 69.8 Å². The zero-order chi connectivity index (χ0) is 20.1. The summed E-state index contributed by atoms with van der Waals surface area (Å²) in [5, 5.41) is 11.6. The first kappa shape index (κ1) is 19.8. The number of nitro groups is 1. The van der Waals surface area contributed by atoms with Crippen LogP contribution in [0.5, 0.6) is 0 Å². The minimum Gasteiger partial charge on any atom is -0.469 e. The zero-order valence-electron chi connectivity index (χ0n) is 16.2. The van der Waals surface area contributed by atoms with Gasteiger partial charge >= 0.3 is 5.97 Å². The van der Waals surface area contributed by atoms with E-state index in [4.69, 9.17) is 4.74 Å². The monoisotopic (exact) mass is 383 g/mol. The zero-order valence-corrected chi connectivity index (χ0v) is 16.2. The number of esters is 1. The normalized spacial score (nSPS) is 17.4. The molecule has 7 nitrogen and oxygen atoms in total. The number of carbonyl (C=O) groups excluding carboxylic acids is 1. The van der Waals surface area contributed by atoms with E-state index in [0.29, 0.717) is 18.8 Å². The molecule has 7 heteroatoms. The molecule has 1 atom stereocenters. The summed E-state index contributed by atoms with van der Waals surface area (Å²) in [7, 11) is 1.37. The average molecular weight is 383 g/mol. The summed E-state index contributed by atoms with van der Waals surface area (Å²) in [6, 6.07) is 15.2. The fraction of sp³-hybridized carbons (Fsp3) is 0.381. The van der Waals surface area contributed by atoms with Gasteiger partial charge in [0.1, 0.15) is 5.69 Å².